The van der Waals surface area contributed by atoms with Gasteiger partial charge in [0.15, 0.2) is 5.75 Å². The molecule has 0 atom stereocenters. The SMILES string of the molecule is COC(=O)c1oc(C(=O)OC)c(-c2ccccc2)c1O. The van der Waals surface area contributed by atoms with Gasteiger partial charge in [0, 0.05) is 0 Å². The largest absolute Gasteiger partial charge is 0.504 e. The summed E-state index contributed by atoms with van der Waals surface area (Å²) in [7, 11) is 2.32. The number of benzene rings is 1. The maximum Gasteiger partial charge on any atom is 0.377 e. The first-order valence-electron chi connectivity index (χ1n) is 5.68. The molecule has 0 spiro atoms. The van der Waals surface area contributed by atoms with Crippen molar-refractivity contribution >= 4 is 11.9 Å². The average molecular weight is 276 g/mol. The molecular weight excluding hydrogens is 264 g/mol. The number of carbonyl (C=O) groups excluding carboxylic acids is 2. The zero-order chi connectivity index (χ0) is 14.7. The summed E-state index contributed by atoms with van der Waals surface area (Å²) in [5.41, 5.74) is 0.613. The molecule has 6 heteroatoms. The van der Waals surface area contributed by atoms with Gasteiger partial charge in [-0.1, -0.05) is 30.3 Å². The van der Waals surface area contributed by atoms with Gasteiger partial charge in [0.1, 0.15) is 0 Å². The van der Waals surface area contributed by atoms with Crippen LogP contribution in [0.1, 0.15) is 21.1 Å². The van der Waals surface area contributed by atoms with Crippen LogP contribution in [0, 0.1) is 0 Å². The minimum atomic E-state index is -0.880. The number of hydrogen-bond acceptors (Lipinski definition) is 6. The fourth-order valence-corrected chi connectivity index (χ4v) is 1.76. The highest BCUT2D eigenvalue weighted by Gasteiger charge is 2.30. The van der Waals surface area contributed by atoms with E-state index < -0.39 is 23.4 Å². The van der Waals surface area contributed by atoms with Crippen LogP contribution in [0.3, 0.4) is 0 Å². The van der Waals surface area contributed by atoms with E-state index in [9.17, 15) is 14.7 Å². The van der Waals surface area contributed by atoms with E-state index in [1.807, 2.05) is 0 Å². The predicted molar refractivity (Wildman–Crippen MR) is 68.5 cm³/mol. The predicted octanol–water partition coefficient (Wildman–Crippen LogP) is 2.23. The van der Waals surface area contributed by atoms with Crippen molar-refractivity contribution in [2.75, 3.05) is 14.2 Å². The Kier molecular flexibility index (Phi) is 3.74. The maximum absolute atomic E-state index is 11.7. The Morgan fingerprint density at radius 3 is 2.10 bits per heavy atom. The number of esters is 2. The zero-order valence-corrected chi connectivity index (χ0v) is 10.9. The van der Waals surface area contributed by atoms with E-state index in [4.69, 9.17) is 4.42 Å². The van der Waals surface area contributed by atoms with Gasteiger partial charge in [-0.2, -0.15) is 0 Å². The molecule has 2 aromatic rings. The van der Waals surface area contributed by atoms with Crippen LogP contribution in [0.15, 0.2) is 34.7 Å². The number of rotatable bonds is 3. The minimum Gasteiger partial charge on any atom is -0.504 e. The second-order valence-electron chi connectivity index (χ2n) is 3.83. The molecule has 6 nitrogen and oxygen atoms in total. The molecular formula is C14H12O6. The third kappa shape index (κ3) is 2.23. The molecule has 0 saturated heterocycles. The van der Waals surface area contributed by atoms with Crippen molar-refractivity contribution in [2.45, 2.75) is 0 Å². The van der Waals surface area contributed by atoms with Gasteiger partial charge in [-0.3, -0.25) is 0 Å². The van der Waals surface area contributed by atoms with Gasteiger partial charge in [-0.15, -0.1) is 0 Å². The first-order valence-corrected chi connectivity index (χ1v) is 5.68. The van der Waals surface area contributed by atoms with Crippen molar-refractivity contribution in [1.29, 1.82) is 0 Å². The molecule has 0 unspecified atom stereocenters. The van der Waals surface area contributed by atoms with Gasteiger partial charge in [-0.05, 0) is 5.56 Å². The smallest absolute Gasteiger partial charge is 0.377 e. The molecule has 0 bridgehead atoms. The van der Waals surface area contributed by atoms with Crippen molar-refractivity contribution in [1.82, 2.24) is 0 Å². The number of hydrogen-bond donors (Lipinski definition) is 1. The van der Waals surface area contributed by atoms with Gasteiger partial charge in [0.25, 0.3) is 5.76 Å². The quantitative estimate of drug-likeness (QED) is 0.865. The second kappa shape index (κ2) is 5.48. The van der Waals surface area contributed by atoms with Gasteiger partial charge in [0.2, 0.25) is 5.76 Å². The van der Waals surface area contributed by atoms with Crippen molar-refractivity contribution in [3.63, 3.8) is 0 Å². The van der Waals surface area contributed by atoms with Gasteiger partial charge in [0.05, 0.1) is 19.8 Å². The van der Waals surface area contributed by atoms with E-state index in [2.05, 4.69) is 9.47 Å². The lowest BCUT2D eigenvalue weighted by Gasteiger charge is -2.01. The molecule has 0 radical (unpaired) electrons. The van der Waals surface area contributed by atoms with Crippen LogP contribution in [-0.2, 0) is 9.47 Å². The molecule has 20 heavy (non-hydrogen) atoms. The van der Waals surface area contributed by atoms with E-state index in [1.54, 1.807) is 30.3 Å². The molecule has 1 aromatic carbocycles. The van der Waals surface area contributed by atoms with Gasteiger partial charge >= 0.3 is 11.9 Å². The maximum atomic E-state index is 11.7. The summed E-state index contributed by atoms with van der Waals surface area (Å²) in [6.07, 6.45) is 0. The minimum absolute atomic E-state index is 0.0952. The fraction of sp³-hybridized carbons (Fsp3) is 0.143. The Morgan fingerprint density at radius 2 is 1.55 bits per heavy atom. The molecule has 0 fully saturated rings. The number of methoxy groups -OCH3 is 2. The second-order valence-corrected chi connectivity index (χ2v) is 3.83. The molecule has 1 N–H and O–H groups in total. The third-order valence-electron chi connectivity index (χ3n) is 2.69. The highest BCUT2D eigenvalue weighted by molar-refractivity contribution is 6.01. The zero-order valence-electron chi connectivity index (χ0n) is 10.9. The molecule has 0 amide bonds. The molecule has 2 rings (SSSR count). The Morgan fingerprint density at radius 1 is 1.00 bits per heavy atom. The van der Waals surface area contributed by atoms with Crippen molar-refractivity contribution < 1.29 is 28.6 Å². The van der Waals surface area contributed by atoms with Crippen LogP contribution < -0.4 is 0 Å². The number of furan rings is 1. The number of ether oxygens (including phenoxy) is 2. The number of aromatic hydroxyl groups is 1. The van der Waals surface area contributed by atoms with E-state index in [0.717, 1.165) is 7.11 Å². The lowest BCUT2D eigenvalue weighted by atomic mass is 10.0. The fourth-order valence-electron chi connectivity index (χ4n) is 1.76. The van der Waals surface area contributed by atoms with Crippen LogP contribution in [0.2, 0.25) is 0 Å². The normalized spacial score (nSPS) is 10.1. The Hall–Kier alpha value is -2.76. The highest BCUT2D eigenvalue weighted by atomic mass is 16.6. The van der Waals surface area contributed by atoms with E-state index >= 15 is 0 Å². The summed E-state index contributed by atoms with van der Waals surface area (Å²) >= 11 is 0. The summed E-state index contributed by atoms with van der Waals surface area (Å²) < 4.78 is 14.2. The van der Waals surface area contributed by atoms with E-state index in [1.165, 1.54) is 7.11 Å². The molecule has 1 aromatic heterocycles. The summed E-state index contributed by atoms with van der Waals surface area (Å²) in [4.78, 5) is 23.2. The molecule has 0 saturated carbocycles. The van der Waals surface area contributed by atoms with Crippen molar-refractivity contribution in [3.8, 4) is 16.9 Å². The van der Waals surface area contributed by atoms with E-state index in [-0.39, 0.29) is 11.3 Å². The van der Waals surface area contributed by atoms with Crippen LogP contribution in [0.5, 0.6) is 5.75 Å². The standard InChI is InChI=1S/C14H12O6/c1-18-13(16)11-9(8-6-4-3-5-7-8)10(15)12(20-11)14(17)19-2/h3-7,15H,1-2H3. The van der Waals surface area contributed by atoms with Crippen LogP contribution in [0.25, 0.3) is 11.1 Å². The number of carbonyl (C=O) groups is 2. The van der Waals surface area contributed by atoms with Crippen LogP contribution >= 0.6 is 0 Å². The Labute approximate surface area is 114 Å². The Bertz CT molecular complexity index is 641. The van der Waals surface area contributed by atoms with Crippen LogP contribution in [-0.4, -0.2) is 31.3 Å². The summed E-state index contributed by atoms with van der Waals surface area (Å²) in [6, 6.07) is 8.55. The van der Waals surface area contributed by atoms with Gasteiger partial charge in [-0.25, -0.2) is 9.59 Å². The lowest BCUT2D eigenvalue weighted by molar-refractivity contribution is 0.0529. The summed E-state index contributed by atoms with van der Waals surface area (Å²) in [6.45, 7) is 0. The summed E-state index contributed by atoms with van der Waals surface area (Å²) in [5, 5.41) is 10.1. The molecule has 0 aliphatic rings. The van der Waals surface area contributed by atoms with Gasteiger partial charge < -0.3 is 19.0 Å². The lowest BCUT2D eigenvalue weighted by Crippen LogP contribution is -2.02. The molecule has 0 aliphatic heterocycles. The third-order valence-corrected chi connectivity index (χ3v) is 2.69. The highest BCUT2D eigenvalue weighted by Crippen LogP contribution is 2.38. The molecule has 104 valence electrons. The molecule has 1 heterocycles. The first kappa shape index (κ1) is 13.7. The summed E-state index contributed by atoms with van der Waals surface area (Å²) in [5.74, 6) is -2.82. The van der Waals surface area contributed by atoms with E-state index in [0.29, 0.717) is 5.56 Å². The Balaban J connectivity index is 2.67. The first-order chi connectivity index (χ1) is 9.60. The van der Waals surface area contributed by atoms with Crippen molar-refractivity contribution in [2.24, 2.45) is 0 Å². The monoisotopic (exact) mass is 276 g/mol. The average Bonchev–Trinajstić information content (AvgIpc) is 2.84. The van der Waals surface area contributed by atoms with Crippen molar-refractivity contribution in [3.05, 3.63) is 41.9 Å². The molecule has 0 aliphatic carbocycles. The topological polar surface area (TPSA) is 86.0 Å². The van der Waals surface area contributed by atoms with Crippen LogP contribution in [0.4, 0.5) is 0 Å².